The van der Waals surface area contributed by atoms with Crippen LogP contribution in [0.2, 0.25) is 0 Å². The number of carbonyl (C=O) groups is 1. The molecule has 2 rings (SSSR count). The SMILES string of the molecule is COc1ccc([N+](=O)[O-])c(C(=O)Nc2nc(C(C)C)nn2C)c1. The number of aryl methyl sites for hydroxylation is 1. The van der Waals surface area contributed by atoms with Crippen LogP contribution in [0.25, 0.3) is 0 Å². The molecule has 0 unspecified atom stereocenters. The Morgan fingerprint density at radius 2 is 2.13 bits per heavy atom. The highest BCUT2D eigenvalue weighted by Gasteiger charge is 2.23. The highest BCUT2D eigenvalue weighted by atomic mass is 16.6. The van der Waals surface area contributed by atoms with Crippen LogP contribution in [-0.2, 0) is 7.05 Å². The van der Waals surface area contributed by atoms with Crippen LogP contribution in [0.15, 0.2) is 18.2 Å². The first kappa shape index (κ1) is 16.4. The molecule has 1 aromatic carbocycles. The van der Waals surface area contributed by atoms with E-state index in [0.717, 1.165) is 0 Å². The first-order chi connectivity index (χ1) is 10.8. The number of carbonyl (C=O) groups excluding carboxylic acids is 1. The molecule has 0 bridgehead atoms. The van der Waals surface area contributed by atoms with E-state index in [-0.39, 0.29) is 23.1 Å². The van der Waals surface area contributed by atoms with Crippen LogP contribution >= 0.6 is 0 Å². The van der Waals surface area contributed by atoms with E-state index in [1.165, 1.54) is 30.0 Å². The summed E-state index contributed by atoms with van der Waals surface area (Å²) >= 11 is 0. The quantitative estimate of drug-likeness (QED) is 0.667. The molecule has 0 atom stereocenters. The van der Waals surface area contributed by atoms with Gasteiger partial charge in [-0.3, -0.25) is 20.2 Å². The first-order valence-electron chi connectivity index (χ1n) is 6.88. The van der Waals surface area contributed by atoms with Crippen molar-refractivity contribution in [2.45, 2.75) is 19.8 Å². The van der Waals surface area contributed by atoms with Gasteiger partial charge in [0.25, 0.3) is 11.6 Å². The van der Waals surface area contributed by atoms with Crippen LogP contribution in [0.1, 0.15) is 35.9 Å². The van der Waals surface area contributed by atoms with Crippen LogP contribution in [-0.4, -0.2) is 32.7 Å². The van der Waals surface area contributed by atoms with Gasteiger partial charge in [0.2, 0.25) is 5.95 Å². The van der Waals surface area contributed by atoms with Crippen LogP contribution in [0.5, 0.6) is 5.75 Å². The number of rotatable bonds is 5. The molecular weight excluding hydrogens is 302 g/mol. The second-order valence-electron chi connectivity index (χ2n) is 5.17. The summed E-state index contributed by atoms with van der Waals surface area (Å²) in [5.41, 5.74) is -0.419. The molecule has 0 aliphatic carbocycles. The zero-order valence-corrected chi connectivity index (χ0v) is 13.2. The number of nitro benzene ring substituents is 1. The Labute approximate surface area is 132 Å². The van der Waals surface area contributed by atoms with E-state index in [0.29, 0.717) is 11.6 Å². The minimum atomic E-state index is -0.651. The monoisotopic (exact) mass is 319 g/mol. The normalized spacial score (nSPS) is 10.7. The Morgan fingerprint density at radius 3 is 2.65 bits per heavy atom. The number of ether oxygens (including phenoxy) is 1. The largest absolute Gasteiger partial charge is 0.497 e. The van der Waals surface area contributed by atoms with E-state index >= 15 is 0 Å². The van der Waals surface area contributed by atoms with Crippen molar-refractivity contribution in [1.82, 2.24) is 14.8 Å². The molecule has 0 saturated heterocycles. The fourth-order valence-electron chi connectivity index (χ4n) is 1.91. The van der Waals surface area contributed by atoms with E-state index < -0.39 is 10.8 Å². The molecule has 1 N–H and O–H groups in total. The third-order valence-electron chi connectivity index (χ3n) is 3.17. The van der Waals surface area contributed by atoms with E-state index in [9.17, 15) is 14.9 Å². The molecule has 1 heterocycles. The molecule has 0 radical (unpaired) electrons. The number of aromatic nitrogens is 3. The topological polar surface area (TPSA) is 112 Å². The van der Waals surface area contributed by atoms with Gasteiger partial charge in [0.05, 0.1) is 12.0 Å². The van der Waals surface area contributed by atoms with Gasteiger partial charge in [-0.15, -0.1) is 0 Å². The average Bonchev–Trinajstić information content (AvgIpc) is 2.87. The van der Waals surface area contributed by atoms with Crippen LogP contribution in [0.4, 0.5) is 11.6 Å². The number of hydrogen-bond acceptors (Lipinski definition) is 6. The first-order valence-corrected chi connectivity index (χ1v) is 6.88. The Kier molecular flexibility index (Phi) is 4.58. The zero-order valence-electron chi connectivity index (χ0n) is 13.2. The summed E-state index contributed by atoms with van der Waals surface area (Å²) in [6.07, 6.45) is 0. The van der Waals surface area contributed by atoms with E-state index in [2.05, 4.69) is 15.4 Å². The summed E-state index contributed by atoms with van der Waals surface area (Å²) in [6.45, 7) is 3.85. The Hall–Kier alpha value is -2.97. The molecule has 122 valence electrons. The van der Waals surface area contributed by atoms with Crippen molar-refractivity contribution in [3.8, 4) is 5.75 Å². The second kappa shape index (κ2) is 6.42. The highest BCUT2D eigenvalue weighted by Crippen LogP contribution is 2.25. The molecule has 0 aliphatic heterocycles. The van der Waals surface area contributed by atoms with Gasteiger partial charge in [0.15, 0.2) is 5.82 Å². The smallest absolute Gasteiger partial charge is 0.282 e. The summed E-state index contributed by atoms with van der Waals surface area (Å²) in [6, 6.07) is 3.96. The van der Waals surface area contributed by atoms with E-state index in [4.69, 9.17) is 4.74 Å². The van der Waals surface area contributed by atoms with Gasteiger partial charge in [-0.25, -0.2) is 4.68 Å². The maximum atomic E-state index is 12.4. The number of anilines is 1. The third kappa shape index (κ3) is 3.44. The lowest BCUT2D eigenvalue weighted by Gasteiger charge is -2.06. The van der Waals surface area contributed by atoms with Gasteiger partial charge >= 0.3 is 0 Å². The van der Waals surface area contributed by atoms with Gasteiger partial charge in [-0.2, -0.15) is 10.1 Å². The Bertz CT molecular complexity index is 754. The lowest BCUT2D eigenvalue weighted by Crippen LogP contribution is -2.17. The summed E-state index contributed by atoms with van der Waals surface area (Å²) < 4.78 is 6.43. The average molecular weight is 319 g/mol. The molecule has 0 aliphatic rings. The Balaban J connectivity index is 2.35. The molecule has 9 heteroatoms. The summed E-state index contributed by atoms with van der Waals surface area (Å²) in [5, 5.41) is 17.8. The van der Waals surface area contributed by atoms with Crippen molar-refractivity contribution >= 4 is 17.5 Å². The minimum Gasteiger partial charge on any atom is -0.497 e. The van der Waals surface area contributed by atoms with Crippen molar-refractivity contribution in [2.75, 3.05) is 12.4 Å². The van der Waals surface area contributed by atoms with E-state index in [1.807, 2.05) is 13.8 Å². The van der Waals surface area contributed by atoms with Crippen LogP contribution < -0.4 is 10.1 Å². The fourth-order valence-corrected chi connectivity index (χ4v) is 1.91. The van der Waals surface area contributed by atoms with E-state index in [1.54, 1.807) is 7.05 Å². The lowest BCUT2D eigenvalue weighted by molar-refractivity contribution is -0.385. The van der Waals surface area contributed by atoms with Crippen LogP contribution in [0, 0.1) is 10.1 Å². The summed E-state index contributed by atoms with van der Waals surface area (Å²) in [5.74, 6) is 0.583. The molecular formula is C14H17N5O4. The van der Waals surface area contributed by atoms with Crippen molar-refractivity contribution < 1.29 is 14.5 Å². The minimum absolute atomic E-state index is 0.0954. The molecule has 1 amide bonds. The van der Waals surface area contributed by atoms with Crippen molar-refractivity contribution in [3.05, 3.63) is 39.7 Å². The Morgan fingerprint density at radius 1 is 1.43 bits per heavy atom. The van der Waals surface area contributed by atoms with Crippen LogP contribution in [0.3, 0.4) is 0 Å². The number of amides is 1. The molecule has 9 nitrogen and oxygen atoms in total. The molecule has 1 aromatic heterocycles. The molecule has 0 saturated carbocycles. The number of methoxy groups -OCH3 is 1. The van der Waals surface area contributed by atoms with Gasteiger partial charge in [0, 0.05) is 19.0 Å². The summed E-state index contributed by atoms with van der Waals surface area (Å²) in [4.78, 5) is 27.1. The van der Waals surface area contributed by atoms with Gasteiger partial charge in [-0.1, -0.05) is 13.8 Å². The van der Waals surface area contributed by atoms with Crippen molar-refractivity contribution in [1.29, 1.82) is 0 Å². The maximum Gasteiger partial charge on any atom is 0.282 e. The lowest BCUT2D eigenvalue weighted by atomic mass is 10.1. The van der Waals surface area contributed by atoms with Crippen molar-refractivity contribution in [2.24, 2.45) is 7.05 Å². The van der Waals surface area contributed by atoms with Crippen molar-refractivity contribution in [3.63, 3.8) is 0 Å². The number of nitro groups is 1. The van der Waals surface area contributed by atoms with Gasteiger partial charge < -0.3 is 4.74 Å². The zero-order chi connectivity index (χ0) is 17.1. The molecule has 0 spiro atoms. The fraction of sp³-hybridized carbons (Fsp3) is 0.357. The number of nitrogens with zero attached hydrogens (tertiary/aromatic N) is 4. The number of nitrogens with one attached hydrogen (secondary N) is 1. The predicted octanol–water partition coefficient (Wildman–Crippen LogP) is 2.11. The molecule has 23 heavy (non-hydrogen) atoms. The number of benzene rings is 1. The van der Waals surface area contributed by atoms with Gasteiger partial charge in [-0.05, 0) is 12.1 Å². The summed E-state index contributed by atoms with van der Waals surface area (Å²) in [7, 11) is 3.05. The second-order valence-corrected chi connectivity index (χ2v) is 5.17. The van der Waals surface area contributed by atoms with Gasteiger partial charge in [0.1, 0.15) is 11.3 Å². The number of hydrogen-bond donors (Lipinski definition) is 1. The standard InChI is InChI=1S/C14H17N5O4/c1-8(2)12-15-14(18(3)17-12)16-13(20)10-7-9(23-4)5-6-11(10)19(21)22/h5-8H,1-4H3,(H,15,16,17,20). The highest BCUT2D eigenvalue weighted by molar-refractivity contribution is 6.06. The maximum absolute atomic E-state index is 12.4. The third-order valence-corrected chi connectivity index (χ3v) is 3.17. The predicted molar refractivity (Wildman–Crippen MR) is 82.7 cm³/mol. The molecule has 0 fully saturated rings. The molecule has 2 aromatic rings.